The SMILES string of the molecule is CC.CC(C)(O)O.C[C@]1(C#N)CC[C@H](c2ccc3c(N)ncnn23)O1. The van der Waals surface area contributed by atoms with Crippen LogP contribution in [0.15, 0.2) is 18.5 Å². The van der Waals surface area contributed by atoms with E-state index >= 15 is 0 Å². The van der Waals surface area contributed by atoms with Gasteiger partial charge >= 0.3 is 0 Å². The topological polar surface area (TPSA) is 130 Å². The molecule has 0 bridgehead atoms. The first-order valence-electron chi connectivity index (χ1n) is 8.25. The molecule has 0 aromatic carbocycles. The number of nitrogens with two attached hydrogens (primary N) is 1. The molecule has 4 N–H and O–H groups in total. The smallest absolute Gasteiger partial charge is 0.156 e. The van der Waals surface area contributed by atoms with Crippen molar-refractivity contribution in [2.45, 2.75) is 65.0 Å². The van der Waals surface area contributed by atoms with E-state index in [9.17, 15) is 0 Å². The summed E-state index contributed by atoms with van der Waals surface area (Å²) in [6.07, 6.45) is 2.83. The van der Waals surface area contributed by atoms with Crippen molar-refractivity contribution >= 4 is 11.3 Å². The summed E-state index contributed by atoms with van der Waals surface area (Å²) in [5, 5.41) is 29.4. The van der Waals surface area contributed by atoms with Crippen LogP contribution in [0.2, 0.25) is 0 Å². The number of anilines is 1. The Hall–Kier alpha value is -2.21. The first kappa shape index (κ1) is 20.8. The van der Waals surface area contributed by atoms with Crippen LogP contribution in [0.25, 0.3) is 5.52 Å². The molecule has 2 aromatic heterocycles. The highest BCUT2D eigenvalue weighted by Gasteiger charge is 2.38. The van der Waals surface area contributed by atoms with Gasteiger partial charge in [0.15, 0.2) is 17.2 Å². The van der Waals surface area contributed by atoms with Crippen molar-refractivity contribution in [3.05, 3.63) is 24.2 Å². The van der Waals surface area contributed by atoms with Gasteiger partial charge in [-0.25, -0.2) is 9.50 Å². The van der Waals surface area contributed by atoms with Crippen LogP contribution in [0.3, 0.4) is 0 Å². The van der Waals surface area contributed by atoms with Crippen molar-refractivity contribution in [1.29, 1.82) is 5.26 Å². The summed E-state index contributed by atoms with van der Waals surface area (Å²) in [5.74, 6) is -1.06. The minimum atomic E-state index is -1.50. The molecule has 3 heterocycles. The number of fused-ring (bicyclic) bond motifs is 1. The zero-order valence-corrected chi connectivity index (χ0v) is 15.4. The van der Waals surface area contributed by atoms with Gasteiger partial charge in [0.1, 0.15) is 17.9 Å². The summed E-state index contributed by atoms with van der Waals surface area (Å²) in [7, 11) is 0. The van der Waals surface area contributed by atoms with E-state index in [0.29, 0.717) is 5.82 Å². The Bertz CT molecular complexity index is 726. The summed E-state index contributed by atoms with van der Waals surface area (Å²) in [5.41, 5.74) is 6.76. The fraction of sp³-hybridized carbons (Fsp3) is 0.588. The Labute approximate surface area is 147 Å². The minimum absolute atomic E-state index is 0.119. The Morgan fingerprint density at radius 3 is 2.52 bits per heavy atom. The van der Waals surface area contributed by atoms with Crippen molar-refractivity contribution < 1.29 is 14.9 Å². The Morgan fingerprint density at radius 1 is 1.40 bits per heavy atom. The van der Waals surface area contributed by atoms with Crippen LogP contribution in [0.1, 0.15) is 59.3 Å². The van der Waals surface area contributed by atoms with Gasteiger partial charge in [-0.2, -0.15) is 10.4 Å². The summed E-state index contributed by atoms with van der Waals surface area (Å²) < 4.78 is 7.54. The molecule has 0 saturated carbocycles. The molecule has 3 rings (SSSR count). The van der Waals surface area contributed by atoms with Crippen LogP contribution in [-0.2, 0) is 4.74 Å². The van der Waals surface area contributed by atoms with Gasteiger partial charge < -0.3 is 20.7 Å². The molecular weight excluding hydrogens is 322 g/mol. The zero-order chi connectivity index (χ0) is 19.3. The van der Waals surface area contributed by atoms with Crippen LogP contribution in [0.5, 0.6) is 0 Å². The molecule has 0 aliphatic carbocycles. The van der Waals surface area contributed by atoms with Gasteiger partial charge in [-0.1, -0.05) is 13.8 Å². The summed E-state index contributed by atoms with van der Waals surface area (Å²) in [6.45, 7) is 8.41. The maximum Gasteiger partial charge on any atom is 0.156 e. The monoisotopic (exact) mass is 349 g/mol. The van der Waals surface area contributed by atoms with E-state index in [2.05, 4.69) is 16.2 Å². The Morgan fingerprint density at radius 2 is 2.00 bits per heavy atom. The van der Waals surface area contributed by atoms with Crippen molar-refractivity contribution in [3.63, 3.8) is 0 Å². The lowest BCUT2D eigenvalue weighted by molar-refractivity contribution is -0.127. The molecule has 138 valence electrons. The predicted molar refractivity (Wildman–Crippen MR) is 94.3 cm³/mol. The first-order valence-corrected chi connectivity index (χ1v) is 8.25. The van der Waals surface area contributed by atoms with Gasteiger partial charge in [-0.3, -0.25) is 0 Å². The van der Waals surface area contributed by atoms with Gasteiger partial charge in [0.2, 0.25) is 0 Å². The Balaban J connectivity index is 0.000000388. The second kappa shape index (κ2) is 8.25. The second-order valence-electron chi connectivity index (χ2n) is 6.18. The molecule has 0 radical (unpaired) electrons. The van der Waals surface area contributed by atoms with E-state index in [4.69, 9.17) is 25.9 Å². The van der Waals surface area contributed by atoms with Crippen LogP contribution >= 0.6 is 0 Å². The highest BCUT2D eigenvalue weighted by atomic mass is 16.5. The molecular formula is C17H27N5O3. The zero-order valence-electron chi connectivity index (χ0n) is 15.4. The number of nitriles is 1. The third kappa shape index (κ3) is 5.67. The number of ether oxygens (including phenoxy) is 1. The van der Waals surface area contributed by atoms with Gasteiger partial charge in [0.05, 0.1) is 11.8 Å². The predicted octanol–water partition coefficient (Wildman–Crippen LogP) is 2.18. The standard InChI is InChI=1S/C12H13N5O.C3H8O2.C2H6/c1-12(6-13)5-4-10(18-12)8-2-3-9-11(14)15-7-16-17(8)9;1-3(2,4)5;1-2/h2-3,7,10H,4-5H2,1H3,(H2,14,15,16);4-5H,1-2H3;1-2H3/t10-,12-;;/m1../s1. The summed E-state index contributed by atoms with van der Waals surface area (Å²) in [4.78, 5) is 3.94. The number of hydrogen-bond donors (Lipinski definition) is 3. The molecule has 1 fully saturated rings. The van der Waals surface area contributed by atoms with Gasteiger partial charge in [0.25, 0.3) is 0 Å². The van der Waals surface area contributed by atoms with Gasteiger partial charge in [-0.05, 0) is 45.7 Å². The summed E-state index contributed by atoms with van der Waals surface area (Å²) >= 11 is 0. The van der Waals surface area contributed by atoms with Crippen LogP contribution in [0, 0.1) is 11.3 Å². The quantitative estimate of drug-likeness (QED) is 0.673. The average Bonchev–Trinajstić information content (AvgIpc) is 3.13. The minimum Gasteiger partial charge on any atom is -0.382 e. The lowest BCUT2D eigenvalue weighted by Gasteiger charge is -2.16. The van der Waals surface area contributed by atoms with E-state index in [-0.39, 0.29) is 6.10 Å². The van der Waals surface area contributed by atoms with E-state index in [1.807, 2.05) is 32.9 Å². The summed E-state index contributed by atoms with van der Waals surface area (Å²) in [6, 6.07) is 6.00. The number of hydrogen-bond acceptors (Lipinski definition) is 7. The van der Waals surface area contributed by atoms with Crippen LogP contribution < -0.4 is 5.73 Å². The normalized spacial score (nSPS) is 22.4. The fourth-order valence-corrected chi connectivity index (χ4v) is 2.35. The molecule has 0 amide bonds. The van der Waals surface area contributed by atoms with Crippen molar-refractivity contribution in [1.82, 2.24) is 14.6 Å². The van der Waals surface area contributed by atoms with Crippen LogP contribution in [0.4, 0.5) is 5.82 Å². The maximum absolute atomic E-state index is 9.07. The second-order valence-corrected chi connectivity index (χ2v) is 6.18. The average molecular weight is 349 g/mol. The van der Waals surface area contributed by atoms with Crippen molar-refractivity contribution in [2.24, 2.45) is 0 Å². The third-order valence-corrected chi connectivity index (χ3v) is 3.36. The van der Waals surface area contributed by atoms with Crippen molar-refractivity contribution in [2.75, 3.05) is 5.73 Å². The molecule has 1 aliphatic heterocycles. The van der Waals surface area contributed by atoms with E-state index in [1.165, 1.54) is 20.2 Å². The first-order chi connectivity index (χ1) is 11.6. The highest BCUT2D eigenvalue weighted by Crippen LogP contribution is 2.39. The molecule has 8 nitrogen and oxygen atoms in total. The van der Waals surface area contributed by atoms with Crippen molar-refractivity contribution in [3.8, 4) is 6.07 Å². The molecule has 2 atom stereocenters. The van der Waals surface area contributed by atoms with E-state index < -0.39 is 11.4 Å². The largest absolute Gasteiger partial charge is 0.382 e. The number of rotatable bonds is 1. The Kier molecular flexibility index (Phi) is 6.87. The number of nitrogens with zero attached hydrogens (tertiary/aromatic N) is 4. The number of aromatic nitrogens is 3. The van der Waals surface area contributed by atoms with Gasteiger partial charge in [0, 0.05) is 0 Å². The maximum atomic E-state index is 9.07. The lowest BCUT2D eigenvalue weighted by atomic mass is 10.0. The molecule has 8 heteroatoms. The van der Waals surface area contributed by atoms with E-state index in [1.54, 1.807) is 4.52 Å². The molecule has 0 unspecified atom stereocenters. The molecule has 25 heavy (non-hydrogen) atoms. The lowest BCUT2D eigenvalue weighted by Crippen LogP contribution is -2.20. The fourth-order valence-electron chi connectivity index (χ4n) is 2.35. The number of nitrogen functional groups attached to an aromatic ring is 1. The molecule has 1 aliphatic rings. The van der Waals surface area contributed by atoms with Gasteiger partial charge in [-0.15, -0.1) is 0 Å². The molecule has 1 saturated heterocycles. The van der Waals surface area contributed by atoms with Crippen LogP contribution in [-0.4, -0.2) is 36.2 Å². The number of aliphatic hydroxyl groups is 2. The van der Waals surface area contributed by atoms with E-state index in [0.717, 1.165) is 24.1 Å². The third-order valence-electron chi connectivity index (χ3n) is 3.36. The molecule has 2 aromatic rings. The molecule has 0 spiro atoms. The highest BCUT2D eigenvalue weighted by molar-refractivity contribution is 5.65.